The van der Waals surface area contributed by atoms with Gasteiger partial charge in [0, 0.05) is 18.8 Å². The molecule has 2 heteroatoms. The molecule has 0 amide bonds. The van der Waals surface area contributed by atoms with E-state index in [4.69, 9.17) is 0 Å². The number of hydrogen-bond donors (Lipinski definition) is 0. The predicted molar refractivity (Wildman–Crippen MR) is 62.9 cm³/mol. The summed E-state index contributed by atoms with van der Waals surface area (Å²) in [5.41, 5.74) is 6.47. The second-order valence-electron chi connectivity index (χ2n) is 4.08. The Kier molecular flexibility index (Phi) is 2.35. The van der Waals surface area contributed by atoms with E-state index in [-0.39, 0.29) is 0 Å². The van der Waals surface area contributed by atoms with Crippen molar-refractivity contribution in [2.45, 2.75) is 20.8 Å². The van der Waals surface area contributed by atoms with Crippen molar-refractivity contribution in [1.29, 1.82) is 0 Å². The van der Waals surface area contributed by atoms with Crippen LogP contribution in [-0.4, -0.2) is 9.78 Å². The van der Waals surface area contributed by atoms with Gasteiger partial charge in [0.25, 0.3) is 0 Å². The molecular weight excluding hydrogens is 184 g/mol. The number of benzene rings is 1. The lowest BCUT2D eigenvalue weighted by atomic mass is 9.99. The maximum absolute atomic E-state index is 4.19. The first-order chi connectivity index (χ1) is 7.09. The van der Waals surface area contributed by atoms with Crippen LogP contribution in [-0.2, 0) is 7.05 Å². The molecule has 0 saturated heterocycles. The van der Waals surface area contributed by atoms with Crippen molar-refractivity contribution in [3.05, 3.63) is 41.1 Å². The number of hydrogen-bond acceptors (Lipinski definition) is 1. The number of rotatable bonds is 1. The van der Waals surface area contributed by atoms with E-state index in [9.17, 15) is 0 Å². The lowest BCUT2D eigenvalue weighted by Gasteiger charge is -2.09. The van der Waals surface area contributed by atoms with Gasteiger partial charge in [-0.2, -0.15) is 5.10 Å². The van der Waals surface area contributed by atoms with Crippen molar-refractivity contribution >= 4 is 0 Å². The van der Waals surface area contributed by atoms with Gasteiger partial charge in [-0.15, -0.1) is 0 Å². The van der Waals surface area contributed by atoms with Gasteiger partial charge in [0.2, 0.25) is 0 Å². The maximum Gasteiger partial charge on any atom is 0.0679 e. The van der Waals surface area contributed by atoms with Gasteiger partial charge in [-0.3, -0.25) is 4.68 Å². The van der Waals surface area contributed by atoms with Gasteiger partial charge >= 0.3 is 0 Å². The third-order valence-electron chi connectivity index (χ3n) is 3.04. The molecule has 0 atom stereocenters. The van der Waals surface area contributed by atoms with Crippen LogP contribution in [0.4, 0.5) is 0 Å². The van der Waals surface area contributed by atoms with Crippen LogP contribution in [0.5, 0.6) is 0 Å². The molecular formula is C13H16N2. The van der Waals surface area contributed by atoms with Crippen LogP contribution in [0, 0.1) is 20.8 Å². The Balaban J connectivity index is 2.60. The van der Waals surface area contributed by atoms with Crippen LogP contribution < -0.4 is 0 Å². The van der Waals surface area contributed by atoms with E-state index in [0.29, 0.717) is 0 Å². The molecule has 0 N–H and O–H groups in total. The predicted octanol–water partition coefficient (Wildman–Crippen LogP) is 3.01. The first kappa shape index (κ1) is 9.97. The number of aromatic nitrogens is 2. The summed E-state index contributed by atoms with van der Waals surface area (Å²) in [5.74, 6) is 0. The first-order valence-electron chi connectivity index (χ1n) is 5.16. The summed E-state index contributed by atoms with van der Waals surface area (Å²) in [6, 6.07) is 6.49. The average molecular weight is 200 g/mol. The Labute approximate surface area is 90.6 Å². The smallest absolute Gasteiger partial charge is 0.0679 e. The first-order valence-corrected chi connectivity index (χ1v) is 5.16. The van der Waals surface area contributed by atoms with Gasteiger partial charge in [0.1, 0.15) is 0 Å². The molecule has 2 nitrogen and oxygen atoms in total. The second-order valence-corrected chi connectivity index (χ2v) is 4.08. The van der Waals surface area contributed by atoms with Crippen LogP contribution in [0.15, 0.2) is 24.4 Å². The van der Waals surface area contributed by atoms with Crippen molar-refractivity contribution in [3.8, 4) is 11.3 Å². The minimum atomic E-state index is 1.17. The van der Waals surface area contributed by atoms with Crippen molar-refractivity contribution in [1.82, 2.24) is 9.78 Å². The molecule has 15 heavy (non-hydrogen) atoms. The topological polar surface area (TPSA) is 17.8 Å². The zero-order valence-corrected chi connectivity index (χ0v) is 9.70. The van der Waals surface area contributed by atoms with E-state index >= 15 is 0 Å². The van der Waals surface area contributed by atoms with Crippen molar-refractivity contribution in [2.75, 3.05) is 0 Å². The summed E-state index contributed by atoms with van der Waals surface area (Å²) >= 11 is 0. The lowest BCUT2D eigenvalue weighted by molar-refractivity contribution is 0.775. The molecule has 0 spiro atoms. The van der Waals surface area contributed by atoms with Gasteiger partial charge in [-0.05, 0) is 55.7 Å². The zero-order chi connectivity index (χ0) is 11.0. The fourth-order valence-electron chi connectivity index (χ4n) is 1.84. The van der Waals surface area contributed by atoms with Gasteiger partial charge in [-0.1, -0.05) is 0 Å². The van der Waals surface area contributed by atoms with Crippen LogP contribution in [0.2, 0.25) is 0 Å². The summed E-state index contributed by atoms with van der Waals surface area (Å²) in [7, 11) is 1.97. The van der Waals surface area contributed by atoms with Crippen LogP contribution in [0.3, 0.4) is 0 Å². The average Bonchev–Trinajstić information content (AvgIpc) is 2.60. The standard InChI is InChI=1S/C13H16N2/c1-9-7-12(8-10(2)11(9)3)13-5-6-14-15(13)4/h5-8H,1-4H3. The van der Waals surface area contributed by atoms with E-state index in [1.54, 1.807) is 0 Å². The Bertz CT molecular complexity index is 472. The molecule has 0 aliphatic rings. The molecule has 1 aromatic heterocycles. The van der Waals surface area contributed by atoms with E-state index < -0.39 is 0 Å². The quantitative estimate of drug-likeness (QED) is 0.692. The molecule has 0 aliphatic carbocycles. The largest absolute Gasteiger partial charge is 0.268 e. The fraction of sp³-hybridized carbons (Fsp3) is 0.308. The highest BCUT2D eigenvalue weighted by Gasteiger charge is 2.05. The third kappa shape index (κ3) is 1.67. The molecule has 0 aliphatic heterocycles. The van der Waals surface area contributed by atoms with Gasteiger partial charge in [0.05, 0.1) is 5.69 Å². The summed E-state index contributed by atoms with van der Waals surface area (Å²) in [4.78, 5) is 0. The van der Waals surface area contributed by atoms with E-state index in [0.717, 1.165) is 0 Å². The summed E-state index contributed by atoms with van der Waals surface area (Å²) < 4.78 is 1.91. The zero-order valence-electron chi connectivity index (χ0n) is 9.70. The highest BCUT2D eigenvalue weighted by molar-refractivity contribution is 5.62. The van der Waals surface area contributed by atoms with E-state index in [1.165, 1.54) is 27.9 Å². The minimum Gasteiger partial charge on any atom is -0.268 e. The van der Waals surface area contributed by atoms with E-state index in [1.807, 2.05) is 24.0 Å². The molecule has 0 fully saturated rings. The third-order valence-corrected chi connectivity index (χ3v) is 3.04. The van der Waals surface area contributed by atoms with Crippen molar-refractivity contribution in [3.63, 3.8) is 0 Å². The molecule has 0 saturated carbocycles. The van der Waals surface area contributed by atoms with Crippen molar-refractivity contribution in [2.24, 2.45) is 7.05 Å². The molecule has 2 rings (SSSR count). The van der Waals surface area contributed by atoms with Crippen LogP contribution in [0.1, 0.15) is 16.7 Å². The molecule has 1 heterocycles. The highest BCUT2D eigenvalue weighted by Crippen LogP contribution is 2.23. The van der Waals surface area contributed by atoms with E-state index in [2.05, 4.69) is 38.0 Å². The molecule has 1 aromatic carbocycles. The van der Waals surface area contributed by atoms with Gasteiger partial charge < -0.3 is 0 Å². The van der Waals surface area contributed by atoms with Crippen LogP contribution in [0.25, 0.3) is 11.3 Å². The molecule has 0 bridgehead atoms. The summed E-state index contributed by atoms with van der Waals surface area (Å²) in [5, 5.41) is 4.19. The SMILES string of the molecule is Cc1cc(-c2ccnn2C)cc(C)c1C. The molecule has 2 aromatic rings. The van der Waals surface area contributed by atoms with Gasteiger partial charge in [-0.25, -0.2) is 0 Å². The molecule has 0 unspecified atom stereocenters. The van der Waals surface area contributed by atoms with Crippen LogP contribution >= 0.6 is 0 Å². The fourth-order valence-corrected chi connectivity index (χ4v) is 1.84. The monoisotopic (exact) mass is 200 g/mol. The lowest BCUT2D eigenvalue weighted by Crippen LogP contribution is -1.95. The molecule has 78 valence electrons. The Morgan fingerprint density at radius 1 is 1.07 bits per heavy atom. The summed E-state index contributed by atoms with van der Waals surface area (Å²) in [6.45, 7) is 6.47. The van der Waals surface area contributed by atoms with Gasteiger partial charge in [0.15, 0.2) is 0 Å². The highest BCUT2D eigenvalue weighted by atomic mass is 15.2. The Morgan fingerprint density at radius 2 is 1.67 bits per heavy atom. The molecule has 0 radical (unpaired) electrons. The number of nitrogens with zero attached hydrogens (tertiary/aromatic N) is 2. The number of aryl methyl sites for hydroxylation is 3. The maximum atomic E-state index is 4.19. The normalized spacial score (nSPS) is 10.7. The second kappa shape index (κ2) is 3.54. The Morgan fingerprint density at radius 3 is 2.13 bits per heavy atom. The summed E-state index contributed by atoms with van der Waals surface area (Å²) in [6.07, 6.45) is 1.83. The van der Waals surface area contributed by atoms with Crippen molar-refractivity contribution < 1.29 is 0 Å². The minimum absolute atomic E-state index is 1.17. The Hall–Kier alpha value is -1.57.